The minimum Gasteiger partial charge on any atom is -0.317 e. The van der Waals surface area contributed by atoms with Gasteiger partial charge in [0.15, 0.2) is 0 Å². The van der Waals surface area contributed by atoms with Crippen molar-refractivity contribution in [2.24, 2.45) is 23.2 Å². The summed E-state index contributed by atoms with van der Waals surface area (Å²) in [5.41, 5.74) is 0.200. The highest BCUT2D eigenvalue weighted by Crippen LogP contribution is 2.38. The van der Waals surface area contributed by atoms with E-state index in [1.165, 1.54) is 11.3 Å². The number of hydrogen-bond acceptors (Lipinski definition) is 2. The van der Waals surface area contributed by atoms with Crippen molar-refractivity contribution >= 4 is 17.1 Å². The molecule has 0 fully saturated rings. The van der Waals surface area contributed by atoms with E-state index in [2.05, 4.69) is 53.8 Å². The molecule has 18 heavy (non-hydrogen) atoms. The lowest BCUT2D eigenvalue weighted by Crippen LogP contribution is -2.37. The van der Waals surface area contributed by atoms with Gasteiger partial charge >= 0.3 is 0 Å². The predicted molar refractivity (Wildman–Crippen MR) is 87.3 cm³/mol. The molecule has 0 rings (SSSR count). The topological polar surface area (TPSA) is 12.0 Å². The molecule has 0 aromatic heterocycles. The number of nitrogens with one attached hydrogen (secondary N) is 1. The summed E-state index contributed by atoms with van der Waals surface area (Å²) in [5, 5.41) is 3.33. The molecule has 0 spiro atoms. The molecular weight excluding hydrogens is 238 g/mol. The van der Waals surface area contributed by atoms with Gasteiger partial charge in [0.25, 0.3) is 0 Å². The van der Waals surface area contributed by atoms with Crippen LogP contribution in [0.25, 0.3) is 0 Å². The molecule has 0 aliphatic rings. The van der Waals surface area contributed by atoms with Gasteiger partial charge in [-0.25, -0.2) is 0 Å². The highest BCUT2D eigenvalue weighted by atomic mass is 32.1. The van der Waals surface area contributed by atoms with E-state index in [0.717, 1.165) is 6.42 Å². The summed E-state index contributed by atoms with van der Waals surface area (Å²) in [6.07, 6.45) is 2.25. The monoisotopic (exact) mass is 271 g/mol. The van der Waals surface area contributed by atoms with Crippen molar-refractivity contribution in [3.8, 4) is 0 Å². The van der Waals surface area contributed by atoms with E-state index in [9.17, 15) is 0 Å². The molecule has 2 heteroatoms. The summed E-state index contributed by atoms with van der Waals surface area (Å²) in [7, 11) is 2.03. The van der Waals surface area contributed by atoms with Crippen LogP contribution in [0, 0.1) is 23.2 Å². The number of rotatable bonds is 8. The summed E-state index contributed by atoms with van der Waals surface area (Å²) in [5.74, 6) is 1.92. The van der Waals surface area contributed by atoms with Crippen molar-refractivity contribution in [1.29, 1.82) is 0 Å². The smallest absolute Gasteiger partial charge is 0.00647 e. The van der Waals surface area contributed by atoms with Crippen molar-refractivity contribution in [3.05, 3.63) is 0 Å². The Morgan fingerprint density at radius 2 is 1.61 bits per heavy atom. The molecule has 1 N–H and O–H groups in total. The van der Waals surface area contributed by atoms with Gasteiger partial charge in [-0.15, -0.1) is 0 Å². The van der Waals surface area contributed by atoms with E-state index >= 15 is 0 Å². The summed E-state index contributed by atoms with van der Waals surface area (Å²) in [6.45, 7) is 16.1. The molecule has 0 aromatic rings. The van der Waals surface area contributed by atoms with Gasteiger partial charge in [0.05, 0.1) is 0 Å². The van der Waals surface area contributed by atoms with Crippen LogP contribution in [0.3, 0.4) is 0 Å². The molecule has 3 unspecified atom stereocenters. The molecule has 0 aliphatic carbocycles. The maximum Gasteiger partial charge on any atom is 0.00647 e. The first-order valence-electron chi connectivity index (χ1n) is 7.35. The molecule has 0 saturated carbocycles. The number of hydrogen-bond donors (Lipinski definition) is 1. The minimum absolute atomic E-state index is 0.200. The van der Waals surface area contributed by atoms with E-state index in [1.54, 1.807) is 0 Å². The SMILES string of the molecule is CNC(C)C(C)CC(=S)C(C)(CC(C)C)C(C)C. The molecule has 0 amide bonds. The lowest BCUT2D eigenvalue weighted by atomic mass is 9.69. The maximum absolute atomic E-state index is 5.80. The molecule has 3 atom stereocenters. The third-order valence-corrected chi connectivity index (χ3v) is 5.19. The average Bonchev–Trinajstić information content (AvgIpc) is 2.26. The highest BCUT2D eigenvalue weighted by Gasteiger charge is 2.34. The fourth-order valence-electron chi connectivity index (χ4n) is 2.51. The Morgan fingerprint density at radius 3 is 1.94 bits per heavy atom. The second kappa shape index (κ2) is 7.59. The van der Waals surface area contributed by atoms with E-state index < -0.39 is 0 Å². The van der Waals surface area contributed by atoms with Gasteiger partial charge in [-0.3, -0.25) is 0 Å². The Bertz CT molecular complexity index is 260. The Labute approximate surface area is 120 Å². The van der Waals surface area contributed by atoms with Crippen LogP contribution >= 0.6 is 12.2 Å². The first-order valence-corrected chi connectivity index (χ1v) is 7.76. The van der Waals surface area contributed by atoms with E-state index in [4.69, 9.17) is 12.2 Å². The quantitative estimate of drug-likeness (QED) is 0.642. The largest absolute Gasteiger partial charge is 0.317 e. The Hall–Kier alpha value is 0.0500. The van der Waals surface area contributed by atoms with Crippen LogP contribution in [0.5, 0.6) is 0 Å². The molecule has 0 saturated heterocycles. The van der Waals surface area contributed by atoms with Gasteiger partial charge in [-0.1, -0.05) is 53.8 Å². The molecule has 0 aliphatic heterocycles. The lowest BCUT2D eigenvalue weighted by Gasteiger charge is -2.38. The summed E-state index contributed by atoms with van der Waals surface area (Å²) >= 11 is 5.80. The standard InChI is InChI=1S/C16H33NS/c1-11(2)10-16(7,12(3)4)15(18)9-13(5)14(6)17-8/h11-14,17H,9-10H2,1-8H3. The molecule has 0 bridgehead atoms. The first kappa shape index (κ1) is 18.0. The third kappa shape index (κ3) is 4.97. The van der Waals surface area contributed by atoms with Crippen molar-refractivity contribution in [2.45, 2.75) is 67.3 Å². The third-order valence-electron chi connectivity index (χ3n) is 4.56. The summed E-state index contributed by atoms with van der Waals surface area (Å²) < 4.78 is 0. The van der Waals surface area contributed by atoms with Gasteiger partial charge < -0.3 is 5.32 Å². The van der Waals surface area contributed by atoms with Crippen molar-refractivity contribution in [3.63, 3.8) is 0 Å². The fourth-order valence-corrected chi connectivity index (χ4v) is 3.09. The average molecular weight is 272 g/mol. The van der Waals surface area contributed by atoms with Gasteiger partial charge in [0, 0.05) is 11.5 Å². The molecule has 0 aromatic carbocycles. The zero-order valence-electron chi connectivity index (χ0n) is 13.6. The van der Waals surface area contributed by atoms with Crippen LogP contribution in [0.15, 0.2) is 0 Å². The van der Waals surface area contributed by atoms with Crippen LogP contribution in [0.2, 0.25) is 0 Å². The van der Waals surface area contributed by atoms with Crippen molar-refractivity contribution < 1.29 is 0 Å². The second-order valence-electron chi connectivity index (χ2n) is 6.85. The van der Waals surface area contributed by atoms with Crippen LogP contribution in [0.4, 0.5) is 0 Å². The summed E-state index contributed by atoms with van der Waals surface area (Å²) in [6, 6.07) is 0.526. The van der Waals surface area contributed by atoms with Crippen LogP contribution < -0.4 is 5.32 Å². The Morgan fingerprint density at radius 1 is 1.11 bits per heavy atom. The zero-order chi connectivity index (χ0) is 14.5. The van der Waals surface area contributed by atoms with Gasteiger partial charge in [0.1, 0.15) is 0 Å². The van der Waals surface area contributed by atoms with E-state index in [1.807, 2.05) is 7.05 Å². The van der Waals surface area contributed by atoms with Gasteiger partial charge in [-0.2, -0.15) is 0 Å². The first-order chi connectivity index (χ1) is 8.15. The minimum atomic E-state index is 0.200. The van der Waals surface area contributed by atoms with E-state index in [-0.39, 0.29) is 5.41 Å². The zero-order valence-corrected chi connectivity index (χ0v) is 14.4. The van der Waals surface area contributed by atoms with Crippen molar-refractivity contribution in [2.75, 3.05) is 7.05 Å². The molecule has 0 heterocycles. The predicted octanol–water partition coefficient (Wildman–Crippen LogP) is 4.70. The molecular formula is C16H33NS. The second-order valence-corrected chi connectivity index (χ2v) is 7.34. The normalized spacial score (nSPS) is 18.8. The van der Waals surface area contributed by atoms with Gasteiger partial charge in [-0.05, 0) is 49.4 Å². The molecule has 1 nitrogen and oxygen atoms in total. The Balaban J connectivity index is 4.78. The highest BCUT2D eigenvalue weighted by molar-refractivity contribution is 7.80. The van der Waals surface area contributed by atoms with Crippen molar-refractivity contribution in [1.82, 2.24) is 5.32 Å². The maximum atomic E-state index is 5.80. The number of thiocarbonyl (C=S) groups is 1. The lowest BCUT2D eigenvalue weighted by molar-refractivity contribution is 0.263. The van der Waals surface area contributed by atoms with Crippen LogP contribution in [-0.4, -0.2) is 18.0 Å². The molecule has 0 radical (unpaired) electrons. The Kier molecular flexibility index (Phi) is 7.61. The molecule has 108 valence electrons. The summed E-state index contributed by atoms with van der Waals surface area (Å²) in [4.78, 5) is 1.26. The van der Waals surface area contributed by atoms with E-state index in [0.29, 0.717) is 23.8 Å². The van der Waals surface area contributed by atoms with Crippen LogP contribution in [0.1, 0.15) is 61.3 Å². The van der Waals surface area contributed by atoms with Crippen LogP contribution in [-0.2, 0) is 0 Å². The van der Waals surface area contributed by atoms with Gasteiger partial charge in [0.2, 0.25) is 0 Å². The fraction of sp³-hybridized carbons (Fsp3) is 0.938.